The van der Waals surface area contributed by atoms with Gasteiger partial charge in [-0.2, -0.15) is 4.98 Å². The number of nitrogens with zero attached hydrogens (tertiary/aromatic N) is 3. The molecule has 4 rings (SSSR count). The highest BCUT2D eigenvalue weighted by Crippen LogP contribution is 2.28. The molecule has 120 valence electrons. The van der Waals surface area contributed by atoms with Gasteiger partial charge in [0.05, 0.1) is 0 Å². The number of fused-ring (bicyclic) bond motifs is 1. The Labute approximate surface area is 138 Å². The maximum atomic E-state index is 4.79. The Bertz CT molecular complexity index is 679. The number of aromatic nitrogens is 2. The van der Waals surface area contributed by atoms with E-state index >= 15 is 0 Å². The van der Waals surface area contributed by atoms with Gasteiger partial charge in [0, 0.05) is 24.8 Å². The van der Waals surface area contributed by atoms with Gasteiger partial charge in [-0.15, -0.1) is 0 Å². The van der Waals surface area contributed by atoms with Crippen molar-refractivity contribution in [2.45, 2.75) is 57.7 Å². The Balaban J connectivity index is 1.55. The zero-order chi connectivity index (χ0) is 15.6. The van der Waals surface area contributed by atoms with E-state index in [0.29, 0.717) is 12.1 Å². The van der Waals surface area contributed by atoms with Gasteiger partial charge in [0.15, 0.2) is 0 Å². The molecule has 2 heterocycles. The van der Waals surface area contributed by atoms with Crippen LogP contribution in [0.4, 0.5) is 11.8 Å². The van der Waals surface area contributed by atoms with Crippen LogP contribution in [-0.4, -0.2) is 22.1 Å². The first-order valence-corrected chi connectivity index (χ1v) is 8.72. The normalized spacial score (nSPS) is 21.3. The van der Waals surface area contributed by atoms with E-state index < -0.39 is 0 Å². The molecule has 1 atom stereocenters. The minimum absolute atomic E-state index is 0.458. The Kier molecular flexibility index (Phi) is 3.90. The summed E-state index contributed by atoms with van der Waals surface area (Å²) in [5.41, 5.74) is 2.88. The van der Waals surface area contributed by atoms with E-state index in [9.17, 15) is 0 Å². The lowest BCUT2D eigenvalue weighted by atomic mass is 9.95. The highest BCUT2D eigenvalue weighted by molar-refractivity contribution is 5.48. The molecule has 0 spiro atoms. The van der Waals surface area contributed by atoms with E-state index in [-0.39, 0.29) is 0 Å². The summed E-state index contributed by atoms with van der Waals surface area (Å²) in [6.07, 6.45) is 8.06. The largest absolute Gasteiger partial charge is 0.351 e. The van der Waals surface area contributed by atoms with Crippen LogP contribution in [0.5, 0.6) is 0 Å². The second-order valence-electron chi connectivity index (χ2n) is 6.81. The van der Waals surface area contributed by atoms with Gasteiger partial charge >= 0.3 is 0 Å². The van der Waals surface area contributed by atoms with Crippen molar-refractivity contribution in [2.24, 2.45) is 0 Å². The zero-order valence-corrected chi connectivity index (χ0v) is 13.7. The van der Waals surface area contributed by atoms with Crippen LogP contribution in [0.2, 0.25) is 0 Å². The smallest absolute Gasteiger partial charge is 0.224 e. The molecule has 0 radical (unpaired) electrons. The maximum absolute atomic E-state index is 4.79. The monoisotopic (exact) mass is 308 g/mol. The molecular weight excluding hydrogens is 284 g/mol. The van der Waals surface area contributed by atoms with Gasteiger partial charge in [-0.1, -0.05) is 37.1 Å². The predicted octanol–water partition coefficient (Wildman–Crippen LogP) is 3.78. The average molecular weight is 308 g/mol. The molecule has 2 aliphatic rings. The molecule has 1 N–H and O–H groups in total. The van der Waals surface area contributed by atoms with Gasteiger partial charge in [0.25, 0.3) is 0 Å². The van der Waals surface area contributed by atoms with Crippen LogP contribution in [0.3, 0.4) is 0 Å². The molecule has 4 nitrogen and oxygen atoms in total. The number of rotatable bonds is 3. The lowest BCUT2D eigenvalue weighted by Crippen LogP contribution is -2.39. The van der Waals surface area contributed by atoms with Crippen molar-refractivity contribution in [3.05, 3.63) is 47.7 Å². The molecule has 1 aromatic carbocycles. The van der Waals surface area contributed by atoms with Crippen molar-refractivity contribution in [2.75, 3.05) is 10.2 Å². The van der Waals surface area contributed by atoms with Crippen molar-refractivity contribution in [1.29, 1.82) is 0 Å². The van der Waals surface area contributed by atoms with Crippen LogP contribution in [0.15, 0.2) is 36.5 Å². The van der Waals surface area contributed by atoms with E-state index in [0.717, 1.165) is 24.7 Å². The van der Waals surface area contributed by atoms with E-state index in [1.165, 1.54) is 36.8 Å². The summed E-state index contributed by atoms with van der Waals surface area (Å²) in [5.74, 6) is 1.81. The second-order valence-corrected chi connectivity index (χ2v) is 6.81. The number of hydrogen-bond acceptors (Lipinski definition) is 4. The summed E-state index contributed by atoms with van der Waals surface area (Å²) in [6, 6.07) is 11.8. The summed E-state index contributed by atoms with van der Waals surface area (Å²) in [7, 11) is 0. The van der Waals surface area contributed by atoms with Crippen molar-refractivity contribution >= 4 is 11.8 Å². The van der Waals surface area contributed by atoms with Gasteiger partial charge < -0.3 is 10.2 Å². The Hall–Kier alpha value is -2.10. The first kappa shape index (κ1) is 14.5. The number of nitrogens with one attached hydrogen (secondary N) is 1. The molecule has 1 saturated carbocycles. The van der Waals surface area contributed by atoms with Crippen LogP contribution in [-0.2, 0) is 13.0 Å². The number of anilines is 2. The summed E-state index contributed by atoms with van der Waals surface area (Å²) >= 11 is 0. The number of hydrogen-bond donors (Lipinski definition) is 1. The summed E-state index contributed by atoms with van der Waals surface area (Å²) in [5, 5.41) is 3.51. The SMILES string of the molecule is C[C@H]1Cc2ccccc2CN1c1ccnc(NC2CCCC2)n1. The Morgan fingerprint density at radius 2 is 1.87 bits per heavy atom. The first-order valence-electron chi connectivity index (χ1n) is 8.72. The molecule has 0 amide bonds. The predicted molar refractivity (Wildman–Crippen MR) is 93.7 cm³/mol. The van der Waals surface area contributed by atoms with E-state index in [4.69, 9.17) is 4.98 Å². The highest BCUT2D eigenvalue weighted by atomic mass is 15.2. The van der Waals surface area contributed by atoms with E-state index in [2.05, 4.69) is 46.4 Å². The molecule has 23 heavy (non-hydrogen) atoms. The van der Waals surface area contributed by atoms with Gasteiger partial charge in [-0.25, -0.2) is 4.98 Å². The summed E-state index contributed by atoms with van der Waals surface area (Å²) in [4.78, 5) is 11.6. The maximum Gasteiger partial charge on any atom is 0.224 e. The van der Waals surface area contributed by atoms with E-state index in [1.807, 2.05) is 12.3 Å². The molecular formula is C19H24N4. The lowest BCUT2D eigenvalue weighted by molar-refractivity contribution is 0.586. The van der Waals surface area contributed by atoms with Gasteiger partial charge in [0.2, 0.25) is 5.95 Å². The molecule has 2 aromatic rings. The van der Waals surface area contributed by atoms with Crippen LogP contribution in [0, 0.1) is 0 Å². The van der Waals surface area contributed by atoms with Crippen molar-refractivity contribution < 1.29 is 0 Å². The first-order chi connectivity index (χ1) is 11.3. The lowest BCUT2D eigenvalue weighted by Gasteiger charge is -2.36. The fraction of sp³-hybridized carbons (Fsp3) is 0.474. The third-order valence-electron chi connectivity index (χ3n) is 5.13. The van der Waals surface area contributed by atoms with E-state index in [1.54, 1.807) is 0 Å². The zero-order valence-electron chi connectivity index (χ0n) is 13.7. The van der Waals surface area contributed by atoms with Crippen LogP contribution >= 0.6 is 0 Å². The number of benzene rings is 1. The standard InChI is InChI=1S/C19H24N4/c1-14-12-15-6-2-3-7-16(15)13-23(14)18-10-11-20-19(22-18)21-17-8-4-5-9-17/h2-3,6-7,10-11,14,17H,4-5,8-9,12-13H2,1H3,(H,20,21,22)/t14-/m0/s1. The van der Waals surface area contributed by atoms with Gasteiger partial charge in [-0.3, -0.25) is 0 Å². The summed E-state index contributed by atoms with van der Waals surface area (Å²) in [6.45, 7) is 3.21. The Morgan fingerprint density at radius 3 is 2.70 bits per heavy atom. The molecule has 1 aliphatic heterocycles. The van der Waals surface area contributed by atoms with Gasteiger partial charge in [-0.05, 0) is 43.4 Å². The third-order valence-corrected chi connectivity index (χ3v) is 5.13. The molecule has 1 aromatic heterocycles. The fourth-order valence-electron chi connectivity index (χ4n) is 3.82. The molecule has 0 unspecified atom stereocenters. The quantitative estimate of drug-likeness (QED) is 0.937. The average Bonchev–Trinajstić information content (AvgIpc) is 3.07. The van der Waals surface area contributed by atoms with Crippen molar-refractivity contribution in [3.63, 3.8) is 0 Å². The topological polar surface area (TPSA) is 41.1 Å². The van der Waals surface area contributed by atoms with Crippen LogP contribution in [0.1, 0.15) is 43.7 Å². The minimum Gasteiger partial charge on any atom is -0.351 e. The Morgan fingerprint density at radius 1 is 1.09 bits per heavy atom. The molecule has 0 bridgehead atoms. The fourth-order valence-corrected chi connectivity index (χ4v) is 3.82. The minimum atomic E-state index is 0.458. The third kappa shape index (κ3) is 3.03. The molecule has 1 aliphatic carbocycles. The summed E-state index contributed by atoms with van der Waals surface area (Å²) < 4.78 is 0. The van der Waals surface area contributed by atoms with Crippen molar-refractivity contribution in [1.82, 2.24) is 9.97 Å². The highest BCUT2D eigenvalue weighted by Gasteiger charge is 2.24. The molecule has 0 saturated heterocycles. The van der Waals surface area contributed by atoms with Gasteiger partial charge in [0.1, 0.15) is 5.82 Å². The molecule has 1 fully saturated rings. The van der Waals surface area contributed by atoms with Crippen LogP contribution in [0.25, 0.3) is 0 Å². The molecule has 4 heteroatoms. The second kappa shape index (κ2) is 6.19. The van der Waals surface area contributed by atoms with Crippen LogP contribution < -0.4 is 10.2 Å². The van der Waals surface area contributed by atoms with Crippen molar-refractivity contribution in [3.8, 4) is 0 Å².